The summed E-state index contributed by atoms with van der Waals surface area (Å²) >= 11 is 0. The van der Waals surface area contributed by atoms with E-state index in [0.29, 0.717) is 12.1 Å². The van der Waals surface area contributed by atoms with Crippen LogP contribution >= 0.6 is 0 Å². The highest BCUT2D eigenvalue weighted by Crippen LogP contribution is 2.13. The van der Waals surface area contributed by atoms with Crippen LogP contribution in [0.2, 0.25) is 0 Å². The summed E-state index contributed by atoms with van der Waals surface area (Å²) in [6.07, 6.45) is 4.29. The maximum Gasteiger partial charge on any atom is 0.203 e. The van der Waals surface area contributed by atoms with E-state index in [0.717, 1.165) is 31.0 Å². The molecule has 0 spiro atoms. The van der Waals surface area contributed by atoms with E-state index in [1.807, 2.05) is 19.2 Å². The molecule has 0 amide bonds. The Balaban J connectivity index is 2.05. The van der Waals surface area contributed by atoms with Gasteiger partial charge in [-0.05, 0) is 19.4 Å². The van der Waals surface area contributed by atoms with Gasteiger partial charge in [-0.1, -0.05) is 31.5 Å². The highest BCUT2D eigenvalue weighted by atomic mass is 19.1. The molecule has 1 aromatic carbocycles. The zero-order valence-electron chi connectivity index (χ0n) is 11.5. The Morgan fingerprint density at radius 2 is 2.11 bits per heavy atom. The van der Waals surface area contributed by atoms with Crippen LogP contribution in [-0.2, 0) is 13.1 Å². The molecule has 1 N–H and O–H groups in total. The van der Waals surface area contributed by atoms with E-state index < -0.39 is 0 Å². The lowest BCUT2D eigenvalue weighted by Crippen LogP contribution is -2.08. The zero-order valence-corrected chi connectivity index (χ0v) is 11.5. The first-order chi connectivity index (χ1) is 9.20. The molecule has 0 aliphatic carbocycles. The third-order valence-corrected chi connectivity index (χ3v) is 3.04. The monoisotopic (exact) mass is 261 g/mol. The third kappa shape index (κ3) is 3.56. The highest BCUT2D eigenvalue weighted by molar-refractivity contribution is 5.31. The number of aromatic nitrogens is 2. The zero-order chi connectivity index (χ0) is 13.7. The fourth-order valence-electron chi connectivity index (χ4n) is 2.00. The van der Waals surface area contributed by atoms with E-state index >= 15 is 0 Å². The Labute approximate surface area is 113 Å². The number of halogens is 1. The van der Waals surface area contributed by atoms with E-state index in [1.165, 1.54) is 6.07 Å². The third-order valence-electron chi connectivity index (χ3n) is 3.04. The van der Waals surface area contributed by atoms with Crippen molar-refractivity contribution in [3.63, 3.8) is 0 Å². The molecule has 0 saturated carbocycles. The maximum atomic E-state index is 13.5. The van der Waals surface area contributed by atoms with Gasteiger partial charge in [0, 0.05) is 24.8 Å². The number of hydrogen-bond acceptors (Lipinski definition) is 2. The Hall–Kier alpha value is -1.84. The molecule has 102 valence electrons. The smallest absolute Gasteiger partial charge is 0.203 e. The normalized spacial score (nSPS) is 10.7. The molecule has 2 aromatic rings. The van der Waals surface area contributed by atoms with Gasteiger partial charge < -0.3 is 9.88 Å². The van der Waals surface area contributed by atoms with E-state index in [9.17, 15) is 4.39 Å². The minimum atomic E-state index is -0.182. The number of aryl methyl sites for hydroxylation is 2. The largest absolute Gasteiger partial charge is 0.351 e. The number of rotatable bonds is 6. The topological polar surface area (TPSA) is 29.9 Å². The van der Waals surface area contributed by atoms with Gasteiger partial charge in [-0.15, -0.1) is 0 Å². The average molecular weight is 261 g/mol. The van der Waals surface area contributed by atoms with Crippen molar-refractivity contribution in [3.05, 3.63) is 47.5 Å². The van der Waals surface area contributed by atoms with E-state index in [1.54, 1.807) is 12.1 Å². The van der Waals surface area contributed by atoms with Crippen LogP contribution in [0.4, 0.5) is 10.3 Å². The molecule has 3 nitrogen and oxygen atoms in total. The lowest BCUT2D eigenvalue weighted by atomic mass is 10.2. The summed E-state index contributed by atoms with van der Waals surface area (Å²) < 4.78 is 15.6. The molecule has 0 radical (unpaired) electrons. The Morgan fingerprint density at radius 1 is 1.32 bits per heavy atom. The first-order valence-electron chi connectivity index (χ1n) is 6.71. The summed E-state index contributed by atoms with van der Waals surface area (Å²) in [6, 6.07) is 6.81. The van der Waals surface area contributed by atoms with Gasteiger partial charge in [0.05, 0.1) is 5.69 Å². The summed E-state index contributed by atoms with van der Waals surface area (Å²) in [5, 5.41) is 3.21. The lowest BCUT2D eigenvalue weighted by molar-refractivity contribution is 0.610. The van der Waals surface area contributed by atoms with Crippen molar-refractivity contribution in [1.82, 2.24) is 9.55 Å². The van der Waals surface area contributed by atoms with Crippen molar-refractivity contribution in [3.8, 4) is 0 Å². The predicted molar refractivity (Wildman–Crippen MR) is 75.6 cm³/mol. The first kappa shape index (κ1) is 13.6. The number of benzene rings is 1. The molecule has 1 aromatic heterocycles. The lowest BCUT2D eigenvalue weighted by Gasteiger charge is -2.09. The number of anilines is 1. The van der Waals surface area contributed by atoms with Crippen LogP contribution in [0.1, 0.15) is 31.0 Å². The summed E-state index contributed by atoms with van der Waals surface area (Å²) in [7, 11) is 0. The van der Waals surface area contributed by atoms with Crippen LogP contribution in [0.5, 0.6) is 0 Å². The minimum absolute atomic E-state index is 0.182. The number of imidazole rings is 1. The van der Waals surface area contributed by atoms with Crippen LogP contribution in [0, 0.1) is 12.7 Å². The minimum Gasteiger partial charge on any atom is -0.351 e. The molecule has 1 heterocycles. The van der Waals surface area contributed by atoms with Gasteiger partial charge in [0.25, 0.3) is 0 Å². The SMILES string of the molecule is CCCCn1cc(C)nc1NCc1ccccc1F. The average Bonchev–Trinajstić information content (AvgIpc) is 2.76. The summed E-state index contributed by atoms with van der Waals surface area (Å²) in [6.45, 7) is 5.53. The molecule has 2 rings (SSSR count). The van der Waals surface area contributed by atoms with E-state index in [4.69, 9.17) is 0 Å². The second-order valence-corrected chi connectivity index (χ2v) is 4.70. The van der Waals surface area contributed by atoms with Gasteiger partial charge in [0.1, 0.15) is 5.82 Å². The maximum absolute atomic E-state index is 13.5. The Bertz CT molecular complexity index is 534. The van der Waals surface area contributed by atoms with Gasteiger partial charge in [0.2, 0.25) is 5.95 Å². The van der Waals surface area contributed by atoms with Crippen LogP contribution in [0.15, 0.2) is 30.5 Å². The molecular formula is C15H20FN3. The fraction of sp³-hybridized carbons (Fsp3) is 0.400. The molecule has 19 heavy (non-hydrogen) atoms. The van der Waals surface area contributed by atoms with Crippen molar-refractivity contribution in [2.75, 3.05) is 5.32 Å². The van der Waals surface area contributed by atoms with Crippen LogP contribution in [-0.4, -0.2) is 9.55 Å². The first-order valence-corrected chi connectivity index (χ1v) is 6.71. The van der Waals surface area contributed by atoms with Gasteiger partial charge in [0.15, 0.2) is 0 Å². The molecule has 0 unspecified atom stereocenters. The van der Waals surface area contributed by atoms with Gasteiger partial charge >= 0.3 is 0 Å². The molecule has 4 heteroatoms. The van der Waals surface area contributed by atoms with Gasteiger partial charge in [-0.2, -0.15) is 0 Å². The van der Waals surface area contributed by atoms with E-state index in [-0.39, 0.29) is 5.82 Å². The Kier molecular flexibility index (Phi) is 4.55. The van der Waals surface area contributed by atoms with E-state index in [2.05, 4.69) is 21.8 Å². The number of unbranched alkanes of at least 4 members (excludes halogenated alkanes) is 1. The molecule has 0 bridgehead atoms. The predicted octanol–water partition coefficient (Wildman–Crippen LogP) is 3.74. The van der Waals surface area contributed by atoms with Crippen LogP contribution in [0.3, 0.4) is 0 Å². The quantitative estimate of drug-likeness (QED) is 0.858. The summed E-state index contributed by atoms with van der Waals surface area (Å²) in [5.41, 5.74) is 1.64. The highest BCUT2D eigenvalue weighted by Gasteiger charge is 2.06. The second kappa shape index (κ2) is 6.36. The summed E-state index contributed by atoms with van der Waals surface area (Å²) in [4.78, 5) is 4.44. The number of nitrogens with zero attached hydrogens (tertiary/aromatic N) is 2. The molecule has 0 saturated heterocycles. The van der Waals surface area contributed by atoms with Crippen molar-refractivity contribution in [2.45, 2.75) is 39.8 Å². The molecule has 0 atom stereocenters. The standard InChI is InChI=1S/C15H20FN3/c1-3-4-9-19-11-12(2)18-15(19)17-10-13-7-5-6-8-14(13)16/h5-8,11H,3-4,9-10H2,1-2H3,(H,17,18). The van der Waals surface area contributed by atoms with Crippen molar-refractivity contribution in [1.29, 1.82) is 0 Å². The second-order valence-electron chi connectivity index (χ2n) is 4.70. The summed E-state index contributed by atoms with van der Waals surface area (Å²) in [5.74, 6) is 0.632. The molecule has 0 aliphatic heterocycles. The Morgan fingerprint density at radius 3 is 2.84 bits per heavy atom. The van der Waals surface area contributed by atoms with Gasteiger partial charge in [-0.3, -0.25) is 0 Å². The van der Waals surface area contributed by atoms with Crippen molar-refractivity contribution in [2.24, 2.45) is 0 Å². The molecule has 0 fully saturated rings. The number of hydrogen-bond donors (Lipinski definition) is 1. The molecule has 0 aliphatic rings. The van der Waals surface area contributed by atoms with Crippen LogP contribution < -0.4 is 5.32 Å². The van der Waals surface area contributed by atoms with Crippen molar-refractivity contribution >= 4 is 5.95 Å². The molecular weight excluding hydrogens is 241 g/mol. The van der Waals surface area contributed by atoms with Crippen LogP contribution in [0.25, 0.3) is 0 Å². The number of nitrogens with one attached hydrogen (secondary N) is 1. The fourth-order valence-corrected chi connectivity index (χ4v) is 2.00. The van der Waals surface area contributed by atoms with Gasteiger partial charge in [-0.25, -0.2) is 9.37 Å². The van der Waals surface area contributed by atoms with Crippen molar-refractivity contribution < 1.29 is 4.39 Å².